The number of aryl methyl sites for hydroxylation is 1. The zero-order valence-electron chi connectivity index (χ0n) is 31.3. The Morgan fingerprint density at radius 1 is 0.712 bits per heavy atom. The van der Waals surface area contributed by atoms with Crippen molar-refractivity contribution in [3.8, 4) is 0 Å². The topological polar surface area (TPSA) is 47.1 Å². The molecule has 0 N–H and O–H groups in total. The maximum Gasteiger partial charge on any atom is 0.273 e. The average Bonchev–Trinajstić information content (AvgIpc) is 3.41. The number of benzene rings is 3. The number of hydrogen-bond acceptors (Lipinski definition) is 4. The Hall–Kier alpha value is -3.69. The number of carbonyl (C=O) groups is 2. The summed E-state index contributed by atoms with van der Waals surface area (Å²) in [4.78, 5) is 36.6. The Kier molecular flexibility index (Phi) is 11.8. The highest BCUT2D eigenvalue weighted by molar-refractivity contribution is 5.95. The normalized spacial score (nSPS) is 22.6. The molecule has 3 aliphatic rings. The molecule has 3 aliphatic heterocycles. The van der Waals surface area contributed by atoms with Crippen LogP contribution in [0.2, 0.25) is 0 Å². The quantitative estimate of drug-likeness (QED) is 0.224. The number of hydrogen-bond donors (Lipinski definition) is 0. The van der Waals surface area contributed by atoms with Crippen molar-refractivity contribution in [1.82, 2.24) is 19.6 Å². The molecule has 3 aromatic rings. The third-order valence-electron chi connectivity index (χ3n) is 11.6. The highest BCUT2D eigenvalue weighted by Crippen LogP contribution is 2.37. The van der Waals surface area contributed by atoms with Gasteiger partial charge in [-0.15, -0.1) is 0 Å². The number of piperazine rings is 1. The number of carbonyl (C=O) groups excluding carboxylic acids is 2. The summed E-state index contributed by atoms with van der Waals surface area (Å²) in [6, 6.07) is 22.6. The molecule has 9 heteroatoms. The van der Waals surface area contributed by atoms with Gasteiger partial charge in [-0.3, -0.25) is 19.4 Å². The lowest BCUT2D eigenvalue weighted by atomic mass is 9.89. The average molecular weight is 717 g/mol. The van der Waals surface area contributed by atoms with Crippen molar-refractivity contribution in [1.29, 1.82) is 0 Å². The molecule has 0 bridgehead atoms. The fourth-order valence-corrected chi connectivity index (χ4v) is 8.46. The summed E-state index contributed by atoms with van der Waals surface area (Å²) in [5.74, 6) is -3.35. The van der Waals surface area contributed by atoms with Crippen LogP contribution >= 0.6 is 0 Å². The molecule has 280 valence electrons. The van der Waals surface area contributed by atoms with Crippen LogP contribution in [-0.2, 0) is 18.0 Å². The van der Waals surface area contributed by atoms with E-state index in [1.165, 1.54) is 39.0 Å². The van der Waals surface area contributed by atoms with Crippen molar-refractivity contribution < 1.29 is 22.8 Å². The van der Waals surface area contributed by atoms with Gasteiger partial charge in [0.2, 0.25) is 0 Å². The van der Waals surface area contributed by atoms with Crippen molar-refractivity contribution in [3.63, 3.8) is 0 Å². The van der Waals surface area contributed by atoms with E-state index in [4.69, 9.17) is 0 Å². The molecule has 3 saturated heterocycles. The van der Waals surface area contributed by atoms with Crippen molar-refractivity contribution in [3.05, 3.63) is 106 Å². The minimum Gasteiger partial charge on any atom is -0.339 e. The van der Waals surface area contributed by atoms with Crippen molar-refractivity contribution in [2.45, 2.75) is 102 Å². The van der Waals surface area contributed by atoms with Gasteiger partial charge < -0.3 is 9.80 Å². The van der Waals surface area contributed by atoms with E-state index in [0.29, 0.717) is 25.0 Å². The van der Waals surface area contributed by atoms with Gasteiger partial charge in [0.05, 0.1) is 0 Å². The summed E-state index contributed by atoms with van der Waals surface area (Å²) in [5.41, 5.74) is 1.02. The Morgan fingerprint density at radius 3 is 2.06 bits per heavy atom. The number of likely N-dealkylation sites (tertiary alicyclic amines) is 2. The molecule has 3 fully saturated rings. The third-order valence-corrected chi connectivity index (χ3v) is 11.6. The van der Waals surface area contributed by atoms with Crippen LogP contribution in [0.4, 0.5) is 13.2 Å². The van der Waals surface area contributed by atoms with Gasteiger partial charge in [0.1, 0.15) is 5.67 Å². The number of halogens is 3. The standard InChI is InChI=1S/C43H55F3N4O2/c1-5-43(45,46)36-28-34(27-35(29-36)42(3,4)44)41(52)50-20-17-38(30-39(50)26-32-12-7-6-8-13-32)48-23-21-47(22-24-48)37-15-10-18-49(19-16-37)40(51)33-14-9-11-31(2)25-33/h6-9,11-14,25,27-29,37-39H,5,10,15-24,26,30H2,1-4H3. The van der Waals surface area contributed by atoms with Gasteiger partial charge in [0, 0.05) is 87.0 Å². The number of rotatable bonds is 9. The van der Waals surface area contributed by atoms with Crippen molar-refractivity contribution in [2.24, 2.45) is 0 Å². The van der Waals surface area contributed by atoms with Gasteiger partial charge >= 0.3 is 0 Å². The van der Waals surface area contributed by atoms with Gasteiger partial charge in [-0.2, -0.15) is 0 Å². The first-order valence-corrected chi connectivity index (χ1v) is 19.2. The molecule has 2 amide bonds. The largest absolute Gasteiger partial charge is 0.339 e. The second kappa shape index (κ2) is 16.1. The van der Waals surface area contributed by atoms with Crippen LogP contribution in [0, 0.1) is 6.92 Å². The first kappa shape index (κ1) is 38.0. The van der Waals surface area contributed by atoms with Gasteiger partial charge in [-0.1, -0.05) is 55.0 Å². The smallest absolute Gasteiger partial charge is 0.273 e. The van der Waals surface area contributed by atoms with Gasteiger partial charge in [0.25, 0.3) is 17.7 Å². The summed E-state index contributed by atoms with van der Waals surface area (Å²) < 4.78 is 45.2. The fraction of sp³-hybridized carbons (Fsp3) is 0.535. The lowest BCUT2D eigenvalue weighted by molar-refractivity contribution is -0.00861. The van der Waals surface area contributed by atoms with E-state index in [1.807, 2.05) is 59.2 Å². The van der Waals surface area contributed by atoms with Crippen LogP contribution in [0.1, 0.15) is 102 Å². The molecule has 0 aliphatic carbocycles. The van der Waals surface area contributed by atoms with E-state index in [-0.39, 0.29) is 34.5 Å². The minimum atomic E-state index is -3.16. The third kappa shape index (κ3) is 8.91. The van der Waals surface area contributed by atoms with Crippen LogP contribution < -0.4 is 0 Å². The molecule has 0 radical (unpaired) electrons. The molecule has 6 rings (SSSR count). The van der Waals surface area contributed by atoms with E-state index in [1.54, 1.807) is 0 Å². The van der Waals surface area contributed by atoms with Gasteiger partial charge in [-0.05, 0) is 101 Å². The monoisotopic (exact) mass is 716 g/mol. The second-order valence-corrected chi connectivity index (χ2v) is 15.7. The molecule has 3 unspecified atom stereocenters. The van der Waals surface area contributed by atoms with Crippen LogP contribution in [0.25, 0.3) is 0 Å². The number of alkyl halides is 3. The molecule has 52 heavy (non-hydrogen) atoms. The van der Waals surface area contributed by atoms with E-state index in [0.717, 1.165) is 88.1 Å². The van der Waals surface area contributed by atoms with Crippen LogP contribution in [0.3, 0.4) is 0 Å². The molecule has 0 saturated carbocycles. The summed E-state index contributed by atoms with van der Waals surface area (Å²) in [7, 11) is 0. The zero-order chi connectivity index (χ0) is 37.0. The summed E-state index contributed by atoms with van der Waals surface area (Å²) >= 11 is 0. The molecule has 6 nitrogen and oxygen atoms in total. The van der Waals surface area contributed by atoms with Gasteiger partial charge in [-0.25, -0.2) is 13.2 Å². The Labute approximate surface area is 308 Å². The molecule has 3 heterocycles. The summed E-state index contributed by atoms with van der Waals surface area (Å²) in [6.45, 7) is 12.0. The van der Waals surface area contributed by atoms with Crippen LogP contribution in [0.15, 0.2) is 72.8 Å². The predicted molar refractivity (Wildman–Crippen MR) is 201 cm³/mol. The Balaban J connectivity index is 1.12. The highest BCUT2D eigenvalue weighted by atomic mass is 19.3. The lowest BCUT2D eigenvalue weighted by Gasteiger charge is -2.47. The Bertz CT molecular complexity index is 1690. The summed E-state index contributed by atoms with van der Waals surface area (Å²) in [5, 5.41) is 0. The van der Waals surface area contributed by atoms with Crippen molar-refractivity contribution in [2.75, 3.05) is 45.8 Å². The van der Waals surface area contributed by atoms with Gasteiger partial charge in [0.15, 0.2) is 0 Å². The lowest BCUT2D eigenvalue weighted by Crippen LogP contribution is -2.58. The summed E-state index contributed by atoms with van der Waals surface area (Å²) in [6.07, 6.45) is 4.87. The highest BCUT2D eigenvalue weighted by Gasteiger charge is 2.38. The number of nitrogens with zero attached hydrogens (tertiary/aromatic N) is 4. The SMILES string of the molecule is CCC(F)(F)c1cc(C(=O)N2CCC(N3CCN(C4CCCN(C(=O)c5cccc(C)c5)CC4)CC3)CC2Cc2ccccc2)cc(C(C)(C)F)c1. The maximum atomic E-state index is 15.2. The zero-order valence-corrected chi connectivity index (χ0v) is 31.3. The van der Waals surface area contributed by atoms with E-state index in [9.17, 15) is 18.4 Å². The molecular formula is C43H55F3N4O2. The predicted octanol–water partition coefficient (Wildman–Crippen LogP) is 8.23. The minimum absolute atomic E-state index is 0.0908. The number of piperidine rings is 1. The van der Waals surface area contributed by atoms with Crippen LogP contribution in [0.5, 0.6) is 0 Å². The van der Waals surface area contributed by atoms with Crippen LogP contribution in [-0.4, -0.2) is 95.4 Å². The fourth-order valence-electron chi connectivity index (χ4n) is 8.46. The first-order chi connectivity index (χ1) is 24.8. The van der Waals surface area contributed by atoms with Crippen molar-refractivity contribution >= 4 is 11.8 Å². The molecule has 3 aromatic carbocycles. The first-order valence-electron chi connectivity index (χ1n) is 19.2. The maximum absolute atomic E-state index is 15.2. The molecular weight excluding hydrogens is 661 g/mol. The Morgan fingerprint density at radius 2 is 1.38 bits per heavy atom. The van der Waals surface area contributed by atoms with E-state index < -0.39 is 18.0 Å². The van der Waals surface area contributed by atoms with E-state index >= 15 is 4.39 Å². The molecule has 3 atom stereocenters. The molecule has 0 aromatic heterocycles. The molecule has 0 spiro atoms. The van der Waals surface area contributed by atoms with E-state index in [2.05, 4.69) is 21.9 Å². The number of amides is 2. The second-order valence-electron chi connectivity index (χ2n) is 15.7.